The Labute approximate surface area is 180 Å². The molecule has 0 unspecified atom stereocenters. The molecule has 0 saturated carbocycles. The first-order valence-electron chi connectivity index (χ1n) is 9.65. The van der Waals surface area contributed by atoms with Gasteiger partial charge in [0.2, 0.25) is 0 Å². The molecule has 168 valence electrons. The van der Waals surface area contributed by atoms with Crippen molar-refractivity contribution in [3.63, 3.8) is 0 Å². The molecule has 0 saturated heterocycles. The fourth-order valence-electron chi connectivity index (χ4n) is 2.55. The topological polar surface area (TPSA) is 116 Å². The SMILES string of the molecule is CCOC(=O)/C=C(/C(=O)OCC)C(=O)N(C(=O)c1ccccc1OC(C)=O)C(C)(C)C. The van der Waals surface area contributed by atoms with Gasteiger partial charge < -0.3 is 14.2 Å². The van der Waals surface area contributed by atoms with Crippen LogP contribution in [-0.4, -0.2) is 53.4 Å². The summed E-state index contributed by atoms with van der Waals surface area (Å²) in [6.45, 7) is 8.97. The van der Waals surface area contributed by atoms with Gasteiger partial charge in [0, 0.05) is 18.5 Å². The summed E-state index contributed by atoms with van der Waals surface area (Å²) in [5.74, 6) is -4.58. The number of carbonyl (C=O) groups is 5. The predicted octanol–water partition coefficient (Wildman–Crippen LogP) is 2.43. The lowest BCUT2D eigenvalue weighted by molar-refractivity contribution is -0.144. The van der Waals surface area contributed by atoms with Crippen molar-refractivity contribution in [3.8, 4) is 5.75 Å². The highest BCUT2D eigenvalue weighted by Gasteiger charge is 2.39. The second-order valence-corrected chi connectivity index (χ2v) is 7.24. The van der Waals surface area contributed by atoms with Crippen molar-refractivity contribution < 1.29 is 38.2 Å². The van der Waals surface area contributed by atoms with Crippen LogP contribution in [0.5, 0.6) is 5.75 Å². The minimum Gasteiger partial charge on any atom is -0.463 e. The Hall–Kier alpha value is -3.49. The normalized spacial score (nSPS) is 11.4. The van der Waals surface area contributed by atoms with E-state index in [2.05, 4.69) is 0 Å². The smallest absolute Gasteiger partial charge is 0.344 e. The fraction of sp³-hybridized carbons (Fsp3) is 0.409. The fourth-order valence-corrected chi connectivity index (χ4v) is 2.55. The van der Waals surface area contributed by atoms with Gasteiger partial charge in [0.05, 0.1) is 18.8 Å². The van der Waals surface area contributed by atoms with E-state index in [4.69, 9.17) is 14.2 Å². The third-order valence-electron chi connectivity index (χ3n) is 3.72. The van der Waals surface area contributed by atoms with Gasteiger partial charge in [-0.05, 0) is 46.8 Å². The van der Waals surface area contributed by atoms with E-state index in [9.17, 15) is 24.0 Å². The van der Waals surface area contributed by atoms with Crippen LogP contribution in [0.3, 0.4) is 0 Å². The number of rotatable bonds is 7. The highest BCUT2D eigenvalue weighted by Crippen LogP contribution is 2.26. The molecule has 0 atom stereocenters. The highest BCUT2D eigenvalue weighted by molar-refractivity contribution is 6.24. The molecule has 0 bridgehead atoms. The summed E-state index contributed by atoms with van der Waals surface area (Å²) in [5, 5.41) is 0. The molecule has 1 rings (SSSR count). The summed E-state index contributed by atoms with van der Waals surface area (Å²) >= 11 is 0. The third-order valence-corrected chi connectivity index (χ3v) is 3.72. The zero-order valence-corrected chi connectivity index (χ0v) is 18.5. The maximum absolute atomic E-state index is 13.3. The molecule has 0 N–H and O–H groups in total. The Morgan fingerprint density at radius 1 is 0.968 bits per heavy atom. The van der Waals surface area contributed by atoms with Crippen LogP contribution in [-0.2, 0) is 28.7 Å². The molecule has 0 fully saturated rings. The maximum Gasteiger partial charge on any atom is 0.344 e. The van der Waals surface area contributed by atoms with E-state index in [1.807, 2.05) is 0 Å². The molecule has 0 radical (unpaired) electrons. The zero-order valence-electron chi connectivity index (χ0n) is 18.5. The second kappa shape index (κ2) is 11.1. The summed E-state index contributed by atoms with van der Waals surface area (Å²) in [6, 6.07) is 5.88. The van der Waals surface area contributed by atoms with E-state index in [1.165, 1.54) is 32.0 Å². The van der Waals surface area contributed by atoms with Gasteiger partial charge in [-0.2, -0.15) is 0 Å². The van der Waals surface area contributed by atoms with Crippen molar-refractivity contribution in [2.45, 2.75) is 47.1 Å². The minimum atomic E-state index is -1.11. The van der Waals surface area contributed by atoms with Crippen molar-refractivity contribution in [2.75, 3.05) is 13.2 Å². The van der Waals surface area contributed by atoms with Crippen LogP contribution in [0.15, 0.2) is 35.9 Å². The van der Waals surface area contributed by atoms with E-state index in [0.29, 0.717) is 6.08 Å². The molecule has 1 aromatic rings. The summed E-state index contributed by atoms with van der Waals surface area (Å²) in [7, 11) is 0. The molecule has 0 aliphatic carbocycles. The van der Waals surface area contributed by atoms with Crippen LogP contribution >= 0.6 is 0 Å². The standard InChI is InChI=1S/C22H27NO8/c1-7-29-18(25)13-16(21(28)30-8-2)20(27)23(22(4,5)6)19(26)15-11-9-10-12-17(15)31-14(3)24/h9-13H,7-8H2,1-6H3/b16-13+. The zero-order chi connectivity index (χ0) is 23.8. The average molecular weight is 433 g/mol. The number of imide groups is 1. The highest BCUT2D eigenvalue weighted by atomic mass is 16.5. The number of amides is 2. The Kier molecular flexibility index (Phi) is 9.11. The molecule has 0 aliphatic rings. The van der Waals surface area contributed by atoms with Gasteiger partial charge in [-0.15, -0.1) is 0 Å². The Balaban J connectivity index is 3.55. The third kappa shape index (κ3) is 7.06. The van der Waals surface area contributed by atoms with Crippen molar-refractivity contribution >= 4 is 29.7 Å². The predicted molar refractivity (Wildman–Crippen MR) is 110 cm³/mol. The number of benzene rings is 1. The molecule has 0 aliphatic heterocycles. The number of nitrogens with zero attached hydrogens (tertiary/aromatic N) is 1. The molecular formula is C22H27NO8. The number of esters is 3. The number of carbonyl (C=O) groups excluding carboxylic acids is 5. The van der Waals surface area contributed by atoms with Gasteiger partial charge in [-0.1, -0.05) is 12.1 Å². The molecule has 9 heteroatoms. The van der Waals surface area contributed by atoms with Crippen LogP contribution in [0.4, 0.5) is 0 Å². The summed E-state index contributed by atoms with van der Waals surface area (Å²) in [6.07, 6.45) is 0.702. The van der Waals surface area contributed by atoms with Crippen LogP contribution in [0.2, 0.25) is 0 Å². The minimum absolute atomic E-state index is 0.0251. The van der Waals surface area contributed by atoms with E-state index < -0.39 is 40.8 Å². The van der Waals surface area contributed by atoms with Crippen LogP contribution in [0.1, 0.15) is 51.9 Å². The molecule has 0 heterocycles. The number of hydrogen-bond acceptors (Lipinski definition) is 8. The van der Waals surface area contributed by atoms with Gasteiger partial charge in [0.25, 0.3) is 11.8 Å². The number of para-hydroxylation sites is 1. The average Bonchev–Trinajstić information content (AvgIpc) is 2.65. The first-order valence-corrected chi connectivity index (χ1v) is 9.65. The molecule has 9 nitrogen and oxygen atoms in total. The Bertz CT molecular complexity index is 895. The monoisotopic (exact) mass is 433 g/mol. The molecule has 2 amide bonds. The molecular weight excluding hydrogens is 406 g/mol. The Morgan fingerprint density at radius 3 is 2.06 bits per heavy atom. The van der Waals surface area contributed by atoms with Gasteiger partial charge >= 0.3 is 17.9 Å². The Morgan fingerprint density at radius 2 is 1.55 bits per heavy atom. The largest absolute Gasteiger partial charge is 0.463 e. The van der Waals surface area contributed by atoms with E-state index in [0.717, 1.165) is 4.90 Å². The number of hydrogen-bond donors (Lipinski definition) is 0. The van der Waals surface area contributed by atoms with E-state index >= 15 is 0 Å². The van der Waals surface area contributed by atoms with Crippen molar-refractivity contribution in [1.29, 1.82) is 0 Å². The van der Waals surface area contributed by atoms with Gasteiger partial charge in [0.1, 0.15) is 11.3 Å². The van der Waals surface area contributed by atoms with Crippen molar-refractivity contribution in [3.05, 3.63) is 41.5 Å². The van der Waals surface area contributed by atoms with Gasteiger partial charge in [0.15, 0.2) is 0 Å². The molecule has 0 spiro atoms. The van der Waals surface area contributed by atoms with Crippen LogP contribution in [0, 0.1) is 0 Å². The van der Waals surface area contributed by atoms with E-state index in [1.54, 1.807) is 33.8 Å². The second-order valence-electron chi connectivity index (χ2n) is 7.24. The first-order chi connectivity index (χ1) is 14.4. The summed E-state index contributed by atoms with van der Waals surface area (Å²) in [4.78, 5) is 63.2. The van der Waals surface area contributed by atoms with E-state index in [-0.39, 0.29) is 24.5 Å². The lowest BCUT2D eigenvalue weighted by Gasteiger charge is -2.34. The summed E-state index contributed by atoms with van der Waals surface area (Å²) < 4.78 is 14.7. The lowest BCUT2D eigenvalue weighted by atomic mass is 10.0. The molecule has 31 heavy (non-hydrogen) atoms. The van der Waals surface area contributed by atoms with Crippen LogP contribution in [0.25, 0.3) is 0 Å². The van der Waals surface area contributed by atoms with Gasteiger partial charge in [-0.25, -0.2) is 9.59 Å². The van der Waals surface area contributed by atoms with Crippen molar-refractivity contribution in [1.82, 2.24) is 4.90 Å². The molecule has 0 aromatic heterocycles. The van der Waals surface area contributed by atoms with Crippen molar-refractivity contribution in [2.24, 2.45) is 0 Å². The lowest BCUT2D eigenvalue weighted by Crippen LogP contribution is -2.51. The van der Waals surface area contributed by atoms with Gasteiger partial charge in [-0.3, -0.25) is 19.3 Å². The quantitative estimate of drug-likeness (QED) is 0.212. The maximum atomic E-state index is 13.3. The van der Waals surface area contributed by atoms with Crippen LogP contribution < -0.4 is 4.74 Å². The number of ether oxygens (including phenoxy) is 3. The summed E-state index contributed by atoms with van der Waals surface area (Å²) in [5.41, 5.74) is -1.84. The molecule has 1 aromatic carbocycles. The first kappa shape index (κ1) is 25.5.